The molecule has 0 aliphatic carbocycles. The van der Waals surface area contributed by atoms with Crippen LogP contribution in [0, 0.1) is 0 Å². The standard InChI is InChI=1S/C32H23ClN4O3S/c1-40-21-11-8-19(9-12-21)28-29(35-30(34-28)27-7-4-16-41-27)25-18-36(26-13-10-20(33)17-24(25)26)14-15-37-31(38)22-5-2-3-6-23(22)32(37)39/h2-13,16-18H,14-15H2,1H3,(H,34,35). The summed E-state index contributed by atoms with van der Waals surface area (Å²) >= 11 is 8.10. The van der Waals surface area contributed by atoms with Crippen LogP contribution < -0.4 is 4.74 Å². The summed E-state index contributed by atoms with van der Waals surface area (Å²) in [6.45, 7) is 0.667. The second kappa shape index (κ2) is 10.1. The Morgan fingerprint density at radius 1 is 0.902 bits per heavy atom. The fourth-order valence-electron chi connectivity index (χ4n) is 5.36. The molecule has 3 aromatic carbocycles. The van der Waals surface area contributed by atoms with E-state index < -0.39 is 0 Å². The number of imide groups is 1. The van der Waals surface area contributed by atoms with Gasteiger partial charge in [0, 0.05) is 46.3 Å². The van der Waals surface area contributed by atoms with Crippen LogP contribution in [-0.2, 0) is 6.54 Å². The topological polar surface area (TPSA) is 80.2 Å². The number of ether oxygens (including phenoxy) is 1. The largest absolute Gasteiger partial charge is 0.497 e. The highest BCUT2D eigenvalue weighted by Gasteiger charge is 2.34. The molecule has 0 saturated heterocycles. The lowest BCUT2D eigenvalue weighted by atomic mass is 10.0. The van der Waals surface area contributed by atoms with Gasteiger partial charge in [-0.2, -0.15) is 0 Å². The van der Waals surface area contributed by atoms with Gasteiger partial charge in [-0.25, -0.2) is 4.98 Å². The molecule has 1 N–H and O–H groups in total. The fourth-order valence-corrected chi connectivity index (χ4v) is 6.20. The van der Waals surface area contributed by atoms with Gasteiger partial charge in [-0.1, -0.05) is 29.8 Å². The van der Waals surface area contributed by atoms with Gasteiger partial charge in [-0.15, -0.1) is 11.3 Å². The summed E-state index contributed by atoms with van der Waals surface area (Å²) in [5.74, 6) is 1.01. The maximum absolute atomic E-state index is 13.0. The number of imidazole rings is 1. The molecular formula is C32H23ClN4O3S. The third kappa shape index (κ3) is 4.32. The number of nitrogens with zero attached hydrogens (tertiary/aromatic N) is 3. The highest BCUT2D eigenvalue weighted by atomic mass is 35.5. The number of amides is 2. The number of methoxy groups -OCH3 is 1. The number of thiophene rings is 1. The van der Waals surface area contributed by atoms with Gasteiger partial charge in [0.2, 0.25) is 0 Å². The van der Waals surface area contributed by atoms with E-state index in [2.05, 4.69) is 9.55 Å². The first kappa shape index (κ1) is 25.3. The Balaban J connectivity index is 1.32. The average molecular weight is 579 g/mol. The molecule has 1 aliphatic rings. The summed E-state index contributed by atoms with van der Waals surface area (Å²) in [6, 6.07) is 24.6. The van der Waals surface area contributed by atoms with Crippen LogP contribution in [0.4, 0.5) is 0 Å². The lowest BCUT2D eigenvalue weighted by molar-refractivity contribution is 0.0649. The number of halogens is 1. The number of H-pyrrole nitrogens is 1. The molecule has 0 atom stereocenters. The van der Waals surface area contributed by atoms with Gasteiger partial charge >= 0.3 is 0 Å². The lowest BCUT2D eigenvalue weighted by Crippen LogP contribution is -2.32. The molecule has 0 bridgehead atoms. The number of nitrogens with one attached hydrogen (secondary N) is 1. The minimum atomic E-state index is -0.263. The number of fused-ring (bicyclic) bond motifs is 2. The SMILES string of the molecule is COc1ccc(-c2nc(-c3cccs3)[nH]c2-c2cn(CCN3C(=O)c4ccccc4C3=O)c3ccc(Cl)cc23)cc1. The Morgan fingerprint density at radius 2 is 1.66 bits per heavy atom. The first-order valence-electron chi connectivity index (χ1n) is 13.0. The van der Waals surface area contributed by atoms with Gasteiger partial charge in [-0.05, 0) is 66.0 Å². The molecule has 4 heterocycles. The minimum Gasteiger partial charge on any atom is -0.497 e. The van der Waals surface area contributed by atoms with Crippen molar-refractivity contribution in [3.63, 3.8) is 0 Å². The van der Waals surface area contributed by atoms with E-state index in [1.807, 2.05) is 66.2 Å². The van der Waals surface area contributed by atoms with Crippen molar-refractivity contribution in [2.75, 3.05) is 13.7 Å². The van der Waals surface area contributed by atoms with Crippen LogP contribution in [0.1, 0.15) is 20.7 Å². The van der Waals surface area contributed by atoms with Crippen molar-refractivity contribution in [3.8, 4) is 39.0 Å². The Morgan fingerprint density at radius 3 is 2.34 bits per heavy atom. The van der Waals surface area contributed by atoms with Crippen LogP contribution in [0.3, 0.4) is 0 Å². The van der Waals surface area contributed by atoms with Crippen LogP contribution in [0.25, 0.3) is 44.1 Å². The number of aromatic amines is 1. The summed E-state index contributed by atoms with van der Waals surface area (Å²) in [4.78, 5) is 36.9. The van der Waals surface area contributed by atoms with Crippen molar-refractivity contribution in [1.82, 2.24) is 19.4 Å². The summed E-state index contributed by atoms with van der Waals surface area (Å²) in [5.41, 5.74) is 5.35. The van der Waals surface area contributed by atoms with E-state index in [4.69, 9.17) is 21.3 Å². The van der Waals surface area contributed by atoms with E-state index in [-0.39, 0.29) is 18.4 Å². The molecule has 41 heavy (non-hydrogen) atoms. The predicted octanol–water partition coefficient (Wildman–Crippen LogP) is 7.39. The molecule has 7 nitrogen and oxygen atoms in total. The maximum atomic E-state index is 13.0. The van der Waals surface area contributed by atoms with E-state index >= 15 is 0 Å². The number of hydrogen-bond acceptors (Lipinski definition) is 5. The van der Waals surface area contributed by atoms with Gasteiger partial charge in [0.1, 0.15) is 11.6 Å². The van der Waals surface area contributed by atoms with E-state index in [0.29, 0.717) is 22.7 Å². The molecule has 7 rings (SSSR count). The number of hydrogen-bond donors (Lipinski definition) is 1. The number of carbonyl (C=O) groups is 2. The second-order valence-corrected chi connectivity index (χ2v) is 11.1. The third-order valence-electron chi connectivity index (χ3n) is 7.38. The highest BCUT2D eigenvalue weighted by molar-refractivity contribution is 7.13. The molecule has 0 saturated carbocycles. The molecule has 0 unspecified atom stereocenters. The molecule has 3 aromatic heterocycles. The van der Waals surface area contributed by atoms with Crippen molar-refractivity contribution < 1.29 is 14.3 Å². The summed E-state index contributed by atoms with van der Waals surface area (Å²) in [6.07, 6.45) is 2.04. The molecule has 0 radical (unpaired) electrons. The first-order chi connectivity index (χ1) is 20.0. The molecule has 202 valence electrons. The fraction of sp³-hybridized carbons (Fsp3) is 0.0938. The number of aromatic nitrogens is 3. The van der Waals surface area contributed by atoms with Crippen LogP contribution in [0.5, 0.6) is 5.75 Å². The van der Waals surface area contributed by atoms with Gasteiger partial charge in [0.15, 0.2) is 0 Å². The van der Waals surface area contributed by atoms with E-state index in [9.17, 15) is 9.59 Å². The minimum absolute atomic E-state index is 0.243. The zero-order valence-corrected chi connectivity index (χ0v) is 23.5. The van der Waals surface area contributed by atoms with E-state index in [0.717, 1.165) is 49.9 Å². The van der Waals surface area contributed by atoms with Gasteiger partial charge < -0.3 is 14.3 Å². The van der Waals surface area contributed by atoms with Gasteiger partial charge in [0.05, 0.1) is 34.5 Å². The zero-order chi connectivity index (χ0) is 28.1. The van der Waals surface area contributed by atoms with Gasteiger partial charge in [-0.3, -0.25) is 14.5 Å². The normalized spacial score (nSPS) is 12.9. The molecule has 0 spiro atoms. The Hall–Kier alpha value is -4.66. The highest BCUT2D eigenvalue weighted by Crippen LogP contribution is 2.39. The molecular weight excluding hydrogens is 556 g/mol. The molecule has 6 aromatic rings. The van der Waals surface area contributed by atoms with Crippen LogP contribution in [-0.4, -0.2) is 44.9 Å². The second-order valence-electron chi connectivity index (χ2n) is 9.72. The molecule has 0 fully saturated rings. The van der Waals surface area contributed by atoms with Gasteiger partial charge in [0.25, 0.3) is 11.8 Å². The maximum Gasteiger partial charge on any atom is 0.261 e. The smallest absolute Gasteiger partial charge is 0.261 e. The summed E-state index contributed by atoms with van der Waals surface area (Å²) in [7, 11) is 1.64. The third-order valence-corrected chi connectivity index (χ3v) is 8.49. The molecule has 1 aliphatic heterocycles. The first-order valence-corrected chi connectivity index (χ1v) is 14.3. The molecule has 9 heteroatoms. The summed E-state index contributed by atoms with van der Waals surface area (Å²) < 4.78 is 7.43. The van der Waals surface area contributed by atoms with Crippen molar-refractivity contribution >= 4 is 45.7 Å². The predicted molar refractivity (Wildman–Crippen MR) is 162 cm³/mol. The van der Waals surface area contributed by atoms with E-state index in [1.165, 1.54) is 4.90 Å². The Kier molecular flexibility index (Phi) is 6.22. The summed E-state index contributed by atoms with van der Waals surface area (Å²) in [5, 5.41) is 3.58. The number of rotatable bonds is 7. The van der Waals surface area contributed by atoms with Crippen molar-refractivity contribution in [2.45, 2.75) is 6.54 Å². The number of carbonyl (C=O) groups excluding carboxylic acids is 2. The van der Waals surface area contributed by atoms with Crippen LogP contribution in [0.15, 0.2) is 90.4 Å². The van der Waals surface area contributed by atoms with Crippen molar-refractivity contribution in [3.05, 3.63) is 107 Å². The average Bonchev–Trinajstić information content (AvgIpc) is 3.79. The zero-order valence-electron chi connectivity index (χ0n) is 21.9. The lowest BCUT2D eigenvalue weighted by Gasteiger charge is -2.14. The number of benzene rings is 3. The quantitative estimate of drug-likeness (QED) is 0.200. The van der Waals surface area contributed by atoms with Crippen LogP contribution >= 0.6 is 22.9 Å². The van der Waals surface area contributed by atoms with E-state index in [1.54, 1.807) is 42.7 Å². The Labute approximate surface area is 244 Å². The van der Waals surface area contributed by atoms with Crippen molar-refractivity contribution in [2.24, 2.45) is 0 Å². The van der Waals surface area contributed by atoms with Crippen LogP contribution in [0.2, 0.25) is 5.02 Å². The Bertz CT molecular complexity index is 1900. The monoisotopic (exact) mass is 578 g/mol. The molecule has 2 amide bonds. The van der Waals surface area contributed by atoms with Crippen molar-refractivity contribution in [1.29, 1.82) is 0 Å².